The normalized spacial score (nSPS) is 19.4. The van der Waals surface area contributed by atoms with Crippen LogP contribution in [0.4, 0.5) is 5.82 Å². The molecule has 33 heavy (non-hydrogen) atoms. The second kappa shape index (κ2) is 10.7. The highest BCUT2D eigenvalue weighted by Crippen LogP contribution is 2.31. The van der Waals surface area contributed by atoms with Crippen molar-refractivity contribution in [1.29, 1.82) is 0 Å². The van der Waals surface area contributed by atoms with Crippen molar-refractivity contribution in [3.05, 3.63) is 24.1 Å². The van der Waals surface area contributed by atoms with Gasteiger partial charge in [-0.2, -0.15) is 5.10 Å². The highest BCUT2D eigenvalue weighted by Gasteiger charge is 2.44. The summed E-state index contributed by atoms with van der Waals surface area (Å²) in [5.74, 6) is 0.635. The molecule has 0 saturated heterocycles. The summed E-state index contributed by atoms with van der Waals surface area (Å²) in [6.07, 6.45) is 12.5. The minimum atomic E-state index is -1.01. The number of ether oxygens (including phenoxy) is 1. The Bertz CT molecular complexity index is 851. The lowest BCUT2D eigenvalue weighted by atomic mass is 9.91. The summed E-state index contributed by atoms with van der Waals surface area (Å²) in [5, 5.41) is 17.3. The first-order valence-electron chi connectivity index (χ1n) is 12.4. The molecule has 1 aliphatic carbocycles. The van der Waals surface area contributed by atoms with E-state index in [2.05, 4.69) is 17.3 Å². The summed E-state index contributed by atoms with van der Waals surface area (Å²) in [6.45, 7) is 7.99. The molecule has 1 saturated carbocycles. The van der Waals surface area contributed by atoms with Gasteiger partial charge in [0.15, 0.2) is 5.82 Å². The van der Waals surface area contributed by atoms with Crippen molar-refractivity contribution in [1.82, 2.24) is 14.7 Å². The summed E-state index contributed by atoms with van der Waals surface area (Å²) in [7, 11) is 0. The van der Waals surface area contributed by atoms with E-state index in [1.165, 1.54) is 6.42 Å². The Morgan fingerprint density at radius 1 is 1.24 bits per heavy atom. The van der Waals surface area contributed by atoms with Gasteiger partial charge >= 0.3 is 0 Å². The number of aromatic nitrogens is 2. The standard InChI is InChI=1S/C25H40N4O4/c1-5-6-10-14-25(4,23(31)26-21-13-15-28(27-21)18-24(2,3)32)29-17-20(16-22(29)30)33-19-11-8-7-9-12-19/h13,15-16,19,32H,5-12,14,17-18H2,1-4H3,(H,26,27,31). The molecule has 0 spiro atoms. The Labute approximate surface area is 197 Å². The van der Waals surface area contributed by atoms with Crippen molar-refractivity contribution >= 4 is 17.6 Å². The Morgan fingerprint density at radius 2 is 1.97 bits per heavy atom. The van der Waals surface area contributed by atoms with Crippen LogP contribution in [0.5, 0.6) is 0 Å². The van der Waals surface area contributed by atoms with Gasteiger partial charge in [-0.05, 0) is 52.9 Å². The minimum Gasteiger partial charge on any atom is -0.493 e. The third-order valence-corrected chi connectivity index (χ3v) is 6.52. The fourth-order valence-corrected chi connectivity index (χ4v) is 4.64. The lowest BCUT2D eigenvalue weighted by Gasteiger charge is -2.37. The fraction of sp³-hybridized carbons (Fsp3) is 0.720. The van der Waals surface area contributed by atoms with Crippen molar-refractivity contribution in [3.8, 4) is 0 Å². The number of unbranched alkanes of at least 4 members (excludes halogenated alkanes) is 2. The van der Waals surface area contributed by atoms with Gasteiger partial charge in [0.05, 0.1) is 24.8 Å². The maximum Gasteiger partial charge on any atom is 0.251 e. The first-order chi connectivity index (χ1) is 15.6. The van der Waals surface area contributed by atoms with Gasteiger partial charge in [-0.1, -0.05) is 32.6 Å². The molecule has 2 N–H and O–H groups in total. The van der Waals surface area contributed by atoms with Crippen molar-refractivity contribution in [3.63, 3.8) is 0 Å². The molecular weight excluding hydrogens is 420 g/mol. The van der Waals surface area contributed by atoms with E-state index >= 15 is 0 Å². The van der Waals surface area contributed by atoms with Gasteiger partial charge < -0.3 is 20.1 Å². The van der Waals surface area contributed by atoms with E-state index in [-0.39, 0.29) is 17.9 Å². The second-order valence-corrected chi connectivity index (χ2v) is 10.3. The third-order valence-electron chi connectivity index (χ3n) is 6.52. The summed E-state index contributed by atoms with van der Waals surface area (Å²) >= 11 is 0. The maximum absolute atomic E-state index is 13.5. The molecule has 184 valence electrons. The third kappa shape index (κ3) is 6.82. The van der Waals surface area contributed by atoms with E-state index in [1.54, 1.807) is 41.8 Å². The largest absolute Gasteiger partial charge is 0.493 e. The molecule has 0 radical (unpaired) electrons. The van der Waals surface area contributed by atoms with Gasteiger partial charge in [0.25, 0.3) is 11.8 Å². The monoisotopic (exact) mass is 460 g/mol. The van der Waals surface area contributed by atoms with Gasteiger partial charge in [-0.25, -0.2) is 0 Å². The van der Waals surface area contributed by atoms with Crippen LogP contribution in [-0.4, -0.2) is 55.4 Å². The molecule has 1 unspecified atom stereocenters. The Hall–Kier alpha value is -2.35. The van der Waals surface area contributed by atoms with Crippen LogP contribution in [-0.2, 0) is 20.9 Å². The predicted molar refractivity (Wildman–Crippen MR) is 127 cm³/mol. The van der Waals surface area contributed by atoms with E-state index in [1.807, 2.05) is 6.92 Å². The molecule has 8 heteroatoms. The number of hydrogen-bond donors (Lipinski definition) is 2. The number of nitrogens with zero attached hydrogens (tertiary/aromatic N) is 3. The molecule has 1 aromatic heterocycles. The zero-order chi connectivity index (χ0) is 24.1. The highest BCUT2D eigenvalue weighted by atomic mass is 16.5. The molecule has 1 atom stereocenters. The number of rotatable bonds is 11. The molecule has 8 nitrogen and oxygen atoms in total. The predicted octanol–water partition coefficient (Wildman–Crippen LogP) is 4.01. The number of hydrogen-bond acceptors (Lipinski definition) is 5. The van der Waals surface area contributed by atoms with Crippen LogP contribution >= 0.6 is 0 Å². The minimum absolute atomic E-state index is 0.165. The SMILES string of the molecule is CCCCCC(C)(C(=O)Nc1ccn(CC(C)(C)O)n1)N1CC(OC2CCCCC2)=CC1=O. The Morgan fingerprint density at radius 3 is 2.64 bits per heavy atom. The van der Waals surface area contributed by atoms with Gasteiger partial charge in [0, 0.05) is 18.3 Å². The Balaban J connectivity index is 1.70. The van der Waals surface area contributed by atoms with Crippen LogP contribution in [0.15, 0.2) is 24.1 Å². The lowest BCUT2D eigenvalue weighted by Crippen LogP contribution is -2.56. The number of amides is 2. The van der Waals surface area contributed by atoms with E-state index in [0.717, 1.165) is 44.9 Å². The van der Waals surface area contributed by atoms with Crippen molar-refractivity contribution in [2.75, 3.05) is 11.9 Å². The molecule has 3 rings (SSSR count). The first-order valence-corrected chi connectivity index (χ1v) is 12.4. The average molecular weight is 461 g/mol. The molecule has 1 aliphatic heterocycles. The lowest BCUT2D eigenvalue weighted by molar-refractivity contribution is -0.140. The zero-order valence-electron chi connectivity index (χ0n) is 20.6. The quantitative estimate of drug-likeness (QED) is 0.487. The summed E-state index contributed by atoms with van der Waals surface area (Å²) < 4.78 is 7.75. The van der Waals surface area contributed by atoms with Crippen LogP contribution in [0.1, 0.15) is 85.5 Å². The van der Waals surface area contributed by atoms with Crippen molar-refractivity contribution in [2.45, 2.75) is 109 Å². The van der Waals surface area contributed by atoms with Gasteiger partial charge in [-0.15, -0.1) is 0 Å². The van der Waals surface area contributed by atoms with E-state index < -0.39 is 11.1 Å². The van der Waals surface area contributed by atoms with Crippen LogP contribution in [0.3, 0.4) is 0 Å². The van der Waals surface area contributed by atoms with E-state index in [4.69, 9.17) is 4.74 Å². The second-order valence-electron chi connectivity index (χ2n) is 10.3. The van der Waals surface area contributed by atoms with Crippen molar-refractivity contribution < 1.29 is 19.4 Å². The smallest absolute Gasteiger partial charge is 0.251 e. The van der Waals surface area contributed by atoms with Gasteiger partial charge in [-0.3, -0.25) is 14.3 Å². The highest BCUT2D eigenvalue weighted by molar-refractivity contribution is 6.02. The summed E-state index contributed by atoms with van der Waals surface area (Å²) in [6, 6.07) is 1.71. The number of aliphatic hydroxyl groups is 1. The number of carbonyl (C=O) groups is 2. The average Bonchev–Trinajstić information content (AvgIpc) is 3.33. The van der Waals surface area contributed by atoms with Crippen LogP contribution < -0.4 is 5.32 Å². The molecule has 1 aromatic rings. The molecule has 0 bridgehead atoms. The summed E-state index contributed by atoms with van der Waals surface area (Å²) in [5.41, 5.74) is -1.93. The number of carbonyl (C=O) groups excluding carboxylic acids is 2. The van der Waals surface area contributed by atoms with Crippen molar-refractivity contribution in [2.24, 2.45) is 0 Å². The number of nitrogens with one attached hydrogen (secondary N) is 1. The zero-order valence-corrected chi connectivity index (χ0v) is 20.6. The maximum atomic E-state index is 13.5. The van der Waals surface area contributed by atoms with Gasteiger partial charge in [0.2, 0.25) is 0 Å². The molecule has 0 aromatic carbocycles. The molecule has 2 heterocycles. The topological polar surface area (TPSA) is 96.7 Å². The molecule has 2 aliphatic rings. The first kappa shape index (κ1) is 25.3. The van der Waals surface area contributed by atoms with Crippen LogP contribution in [0.25, 0.3) is 0 Å². The fourth-order valence-electron chi connectivity index (χ4n) is 4.64. The number of anilines is 1. The van der Waals surface area contributed by atoms with Gasteiger partial charge in [0.1, 0.15) is 11.3 Å². The molecule has 2 amide bonds. The van der Waals surface area contributed by atoms with Crippen LogP contribution in [0, 0.1) is 0 Å². The molecular formula is C25H40N4O4. The van der Waals surface area contributed by atoms with Crippen LogP contribution in [0.2, 0.25) is 0 Å². The van der Waals surface area contributed by atoms with E-state index in [9.17, 15) is 14.7 Å². The molecule has 1 fully saturated rings. The van der Waals surface area contributed by atoms with E-state index in [0.29, 0.717) is 31.1 Å². The summed E-state index contributed by atoms with van der Waals surface area (Å²) in [4.78, 5) is 28.1. The Kier molecular flexibility index (Phi) is 8.21.